The van der Waals surface area contributed by atoms with Gasteiger partial charge in [0.2, 0.25) is 5.89 Å². The highest BCUT2D eigenvalue weighted by Gasteiger charge is 2.19. The van der Waals surface area contributed by atoms with Gasteiger partial charge in [-0.05, 0) is 19.3 Å². The summed E-state index contributed by atoms with van der Waals surface area (Å²) in [7, 11) is 0. The van der Waals surface area contributed by atoms with Crippen molar-refractivity contribution < 1.29 is 4.52 Å². The predicted molar refractivity (Wildman–Crippen MR) is 57.4 cm³/mol. The lowest BCUT2D eigenvalue weighted by molar-refractivity contribution is 0.265. The van der Waals surface area contributed by atoms with Crippen LogP contribution >= 0.6 is 0 Å². The molecule has 1 atom stereocenters. The van der Waals surface area contributed by atoms with Crippen molar-refractivity contribution in [1.29, 1.82) is 0 Å². The Bertz CT molecular complexity index is 269. The van der Waals surface area contributed by atoms with E-state index in [9.17, 15) is 0 Å². The molecule has 1 saturated carbocycles. The van der Waals surface area contributed by atoms with Crippen molar-refractivity contribution in [2.75, 3.05) is 6.54 Å². The Hall–Kier alpha value is -0.900. The fourth-order valence-electron chi connectivity index (χ4n) is 2.04. The average Bonchev–Trinajstić information content (AvgIpc) is 2.64. The molecule has 1 N–H and O–H groups in total. The van der Waals surface area contributed by atoms with Gasteiger partial charge in [0.1, 0.15) is 0 Å². The minimum Gasteiger partial charge on any atom is -0.340 e. The van der Waals surface area contributed by atoms with Crippen LogP contribution in [0.4, 0.5) is 0 Å². The Morgan fingerprint density at radius 2 is 2.47 bits per heavy atom. The predicted octanol–water partition coefficient (Wildman–Crippen LogP) is 1.78. The molecule has 15 heavy (non-hydrogen) atoms. The maximum absolute atomic E-state index is 4.93. The second kappa shape index (κ2) is 5.26. The first kappa shape index (κ1) is 10.6. The molecule has 84 valence electrons. The minimum atomic E-state index is 0.609. The minimum absolute atomic E-state index is 0.609. The van der Waals surface area contributed by atoms with Gasteiger partial charge in [-0.15, -0.1) is 0 Å². The second-order valence-electron chi connectivity index (χ2n) is 4.47. The van der Waals surface area contributed by atoms with E-state index in [1.54, 1.807) is 0 Å². The van der Waals surface area contributed by atoms with Crippen LogP contribution < -0.4 is 5.32 Å². The van der Waals surface area contributed by atoms with Crippen LogP contribution in [-0.4, -0.2) is 22.7 Å². The summed E-state index contributed by atoms with van der Waals surface area (Å²) in [5.74, 6) is 1.69. The molecule has 2 rings (SSSR count). The van der Waals surface area contributed by atoms with Crippen LogP contribution in [0.5, 0.6) is 0 Å². The Balaban J connectivity index is 1.56. The molecule has 1 aliphatic carbocycles. The fraction of sp³-hybridized carbons (Fsp3) is 0.818. The van der Waals surface area contributed by atoms with Crippen LogP contribution in [0.2, 0.25) is 0 Å². The van der Waals surface area contributed by atoms with E-state index in [0.717, 1.165) is 24.8 Å². The molecular weight excluding hydrogens is 190 g/mol. The third kappa shape index (κ3) is 3.30. The van der Waals surface area contributed by atoms with Crippen LogP contribution in [-0.2, 0) is 6.42 Å². The number of nitrogens with zero attached hydrogens (tertiary/aromatic N) is 2. The van der Waals surface area contributed by atoms with E-state index in [-0.39, 0.29) is 0 Å². The fourth-order valence-corrected chi connectivity index (χ4v) is 2.04. The van der Waals surface area contributed by atoms with E-state index in [4.69, 9.17) is 4.52 Å². The lowest BCUT2D eigenvalue weighted by Gasteiger charge is -2.28. The highest BCUT2D eigenvalue weighted by Crippen LogP contribution is 2.30. The maximum atomic E-state index is 4.93. The molecule has 1 aliphatic rings. The monoisotopic (exact) mass is 209 g/mol. The molecule has 1 aromatic heterocycles. The Morgan fingerprint density at radius 3 is 3.07 bits per heavy atom. The Labute approximate surface area is 90.4 Å². The average molecular weight is 209 g/mol. The number of hydrogen-bond donors (Lipinski definition) is 1. The van der Waals surface area contributed by atoms with Crippen molar-refractivity contribution in [2.45, 2.75) is 45.1 Å². The normalized spacial score (nSPS) is 18.7. The van der Waals surface area contributed by atoms with Gasteiger partial charge in [-0.2, -0.15) is 4.98 Å². The molecule has 0 saturated heterocycles. The standard InChI is InChI=1S/C11H19N3O/c1-9(7-10-3-2-4-10)12-6-5-11-13-8-14-15-11/h8-10,12H,2-7H2,1H3. The smallest absolute Gasteiger partial charge is 0.227 e. The van der Waals surface area contributed by atoms with Crippen molar-refractivity contribution in [2.24, 2.45) is 5.92 Å². The molecule has 1 fully saturated rings. The molecule has 0 aliphatic heterocycles. The van der Waals surface area contributed by atoms with E-state index in [0.29, 0.717) is 6.04 Å². The summed E-state index contributed by atoms with van der Waals surface area (Å²) in [6.45, 7) is 3.18. The summed E-state index contributed by atoms with van der Waals surface area (Å²) >= 11 is 0. The van der Waals surface area contributed by atoms with E-state index in [2.05, 4.69) is 22.4 Å². The van der Waals surface area contributed by atoms with Gasteiger partial charge < -0.3 is 9.84 Å². The summed E-state index contributed by atoms with van der Waals surface area (Å²) in [5, 5.41) is 7.07. The molecule has 4 nitrogen and oxygen atoms in total. The molecule has 0 spiro atoms. The summed E-state index contributed by atoms with van der Waals surface area (Å²) in [6.07, 6.45) is 7.87. The van der Waals surface area contributed by atoms with Crippen molar-refractivity contribution in [3.05, 3.63) is 12.2 Å². The maximum Gasteiger partial charge on any atom is 0.227 e. The number of hydrogen-bond acceptors (Lipinski definition) is 4. The van der Waals surface area contributed by atoms with Crippen LogP contribution in [0.25, 0.3) is 0 Å². The Morgan fingerprint density at radius 1 is 1.60 bits per heavy atom. The van der Waals surface area contributed by atoms with Crippen LogP contribution in [0.1, 0.15) is 38.5 Å². The molecule has 0 amide bonds. The molecule has 1 unspecified atom stereocenters. The zero-order chi connectivity index (χ0) is 10.5. The van der Waals surface area contributed by atoms with E-state index >= 15 is 0 Å². The van der Waals surface area contributed by atoms with Gasteiger partial charge in [0.05, 0.1) is 0 Å². The third-order valence-electron chi connectivity index (χ3n) is 3.15. The highest BCUT2D eigenvalue weighted by atomic mass is 16.5. The lowest BCUT2D eigenvalue weighted by Crippen LogP contribution is -2.31. The highest BCUT2D eigenvalue weighted by molar-refractivity contribution is 4.78. The molecule has 1 heterocycles. The molecule has 1 aromatic rings. The number of rotatable bonds is 6. The molecular formula is C11H19N3O. The third-order valence-corrected chi connectivity index (χ3v) is 3.15. The summed E-state index contributed by atoms with van der Waals surface area (Å²) in [6, 6.07) is 0.609. The second-order valence-corrected chi connectivity index (χ2v) is 4.47. The first-order chi connectivity index (χ1) is 7.34. The van der Waals surface area contributed by atoms with Gasteiger partial charge in [-0.1, -0.05) is 24.4 Å². The van der Waals surface area contributed by atoms with Gasteiger partial charge in [0, 0.05) is 19.0 Å². The summed E-state index contributed by atoms with van der Waals surface area (Å²) in [4.78, 5) is 3.98. The molecule has 0 bridgehead atoms. The van der Waals surface area contributed by atoms with Crippen LogP contribution in [0.3, 0.4) is 0 Å². The topological polar surface area (TPSA) is 51.0 Å². The first-order valence-electron chi connectivity index (χ1n) is 5.83. The van der Waals surface area contributed by atoms with E-state index < -0.39 is 0 Å². The van der Waals surface area contributed by atoms with Crippen LogP contribution in [0.15, 0.2) is 10.9 Å². The van der Waals surface area contributed by atoms with Gasteiger partial charge >= 0.3 is 0 Å². The molecule has 0 aromatic carbocycles. The number of nitrogens with one attached hydrogen (secondary N) is 1. The van der Waals surface area contributed by atoms with Crippen molar-refractivity contribution in [3.8, 4) is 0 Å². The van der Waals surface area contributed by atoms with Crippen LogP contribution in [0, 0.1) is 5.92 Å². The first-order valence-corrected chi connectivity index (χ1v) is 5.83. The zero-order valence-corrected chi connectivity index (χ0v) is 9.28. The van der Waals surface area contributed by atoms with Gasteiger partial charge in [-0.3, -0.25) is 0 Å². The van der Waals surface area contributed by atoms with Gasteiger partial charge in [0.25, 0.3) is 0 Å². The van der Waals surface area contributed by atoms with Crippen molar-refractivity contribution in [1.82, 2.24) is 15.5 Å². The SMILES string of the molecule is CC(CC1CCC1)NCCc1ncno1. The largest absolute Gasteiger partial charge is 0.340 e. The van der Waals surface area contributed by atoms with Crippen molar-refractivity contribution in [3.63, 3.8) is 0 Å². The van der Waals surface area contributed by atoms with E-state index in [1.165, 1.54) is 32.0 Å². The lowest BCUT2D eigenvalue weighted by atomic mass is 9.81. The summed E-state index contributed by atoms with van der Waals surface area (Å²) in [5.41, 5.74) is 0. The van der Waals surface area contributed by atoms with Crippen molar-refractivity contribution >= 4 is 0 Å². The quantitative estimate of drug-likeness (QED) is 0.776. The van der Waals surface area contributed by atoms with Gasteiger partial charge in [-0.25, -0.2) is 0 Å². The van der Waals surface area contributed by atoms with E-state index in [1.807, 2.05) is 0 Å². The number of aromatic nitrogens is 2. The molecule has 4 heteroatoms. The zero-order valence-electron chi connectivity index (χ0n) is 9.28. The van der Waals surface area contributed by atoms with Gasteiger partial charge in [0.15, 0.2) is 6.33 Å². The summed E-state index contributed by atoms with van der Waals surface area (Å²) < 4.78 is 4.93. The Kier molecular flexibility index (Phi) is 3.72. The molecule has 0 radical (unpaired) electrons.